The number of fused-ring (bicyclic) bond motifs is 1. The fourth-order valence-corrected chi connectivity index (χ4v) is 6.78. The first-order valence-electron chi connectivity index (χ1n) is 25.1. The molecule has 0 unspecified atom stereocenters. The first-order valence-corrected chi connectivity index (χ1v) is 28.3. The van der Waals surface area contributed by atoms with E-state index in [4.69, 9.17) is 94.4 Å². The Labute approximate surface area is 488 Å². The van der Waals surface area contributed by atoms with Crippen molar-refractivity contribution < 1.29 is 164 Å². The van der Waals surface area contributed by atoms with E-state index in [9.17, 15) is 16.8 Å². The van der Waals surface area contributed by atoms with Crippen molar-refractivity contribution in [3.63, 3.8) is 0 Å². The predicted molar refractivity (Wildman–Crippen MR) is 271 cm³/mol. The van der Waals surface area contributed by atoms with Gasteiger partial charge in [0, 0.05) is 13.2 Å². The smallest absolute Gasteiger partial charge is 1.00 e. The third kappa shape index (κ3) is 49.9. The van der Waals surface area contributed by atoms with Crippen LogP contribution in [0.5, 0.6) is 11.5 Å². The van der Waals surface area contributed by atoms with Crippen LogP contribution in [-0.4, -0.2) is 262 Å². The second-order valence-electron chi connectivity index (χ2n) is 15.4. The SMILES string of the molecule is O=S(=O)(O)CCCOCCOCCOCCOCCOCCOCCOCCOCCOc1cc2ccccc2cc1OCCOCCOCCOCCOCCOCCOCCOCCOCCCS(=O)(=O)O.[H-].[K+]. The Morgan fingerprint density at radius 2 is 0.467 bits per heavy atom. The van der Waals surface area contributed by atoms with Gasteiger partial charge in [0.05, 0.1) is 210 Å². The standard InChI is InChI=1S/C48H84O24S2.K.H/c49-73(50,51)41-3-7-55-9-11-57-13-15-59-17-19-61-21-23-63-25-27-65-29-31-67-33-35-69-37-39-71-47-43-45-5-1-2-6-46(45)44-48(47)72-40-38-70-36-34-68-32-30-66-28-26-64-24-22-62-20-18-60-16-14-58-12-10-56-8-4-42-74(52,53)54;;/h1-2,5-6,43-44H,3-4,7-42H2,(H,49,50,51)(H,52,53,54);;/q;+1;-1. The Morgan fingerprint density at radius 1 is 0.293 bits per heavy atom. The summed E-state index contributed by atoms with van der Waals surface area (Å²) < 4.78 is 160. The largest absolute Gasteiger partial charge is 1.00 e. The van der Waals surface area contributed by atoms with Crippen LogP contribution in [0.25, 0.3) is 10.8 Å². The van der Waals surface area contributed by atoms with Crippen LogP contribution in [0.1, 0.15) is 14.3 Å². The molecule has 0 atom stereocenters. The van der Waals surface area contributed by atoms with E-state index in [0.29, 0.717) is 223 Å². The zero-order chi connectivity index (χ0) is 53.2. The van der Waals surface area contributed by atoms with Crippen molar-refractivity contribution in [3.8, 4) is 11.5 Å². The number of ether oxygens (including phenoxy) is 18. The molecule has 2 aromatic rings. The van der Waals surface area contributed by atoms with Crippen molar-refractivity contribution in [2.75, 3.05) is 236 Å². The van der Waals surface area contributed by atoms with Gasteiger partial charge in [-0.2, -0.15) is 16.8 Å². The van der Waals surface area contributed by atoms with E-state index in [0.717, 1.165) is 10.8 Å². The molecule has 0 fully saturated rings. The molecule has 2 N–H and O–H groups in total. The van der Waals surface area contributed by atoms with Gasteiger partial charge in [-0.05, 0) is 35.7 Å². The Bertz CT molecular complexity index is 1670. The molecule has 0 spiro atoms. The first-order chi connectivity index (χ1) is 36.1. The van der Waals surface area contributed by atoms with Crippen molar-refractivity contribution in [1.29, 1.82) is 0 Å². The third-order valence-corrected chi connectivity index (χ3v) is 11.0. The number of hydrogen-bond acceptors (Lipinski definition) is 22. The molecule has 0 heterocycles. The molecule has 0 aliphatic heterocycles. The van der Waals surface area contributed by atoms with Crippen LogP contribution in [0.3, 0.4) is 0 Å². The maximum atomic E-state index is 10.6. The monoisotopic (exact) mass is 1150 g/mol. The molecule has 27 heteroatoms. The third-order valence-electron chi connectivity index (χ3n) is 9.37. The molecule has 24 nitrogen and oxygen atoms in total. The Kier molecular flexibility index (Phi) is 50.5. The second-order valence-corrected chi connectivity index (χ2v) is 18.6. The molecule has 0 saturated heterocycles. The molecule has 0 aliphatic carbocycles. The van der Waals surface area contributed by atoms with Crippen molar-refractivity contribution in [1.82, 2.24) is 0 Å². The summed E-state index contributed by atoms with van der Waals surface area (Å²) in [7, 11) is -7.89. The average Bonchev–Trinajstić information content (AvgIpc) is 3.37. The van der Waals surface area contributed by atoms with Crippen molar-refractivity contribution in [3.05, 3.63) is 36.4 Å². The van der Waals surface area contributed by atoms with E-state index < -0.39 is 20.2 Å². The van der Waals surface area contributed by atoms with E-state index >= 15 is 0 Å². The Morgan fingerprint density at radius 3 is 0.653 bits per heavy atom. The van der Waals surface area contributed by atoms with Gasteiger partial charge >= 0.3 is 51.4 Å². The maximum Gasteiger partial charge on any atom is 1.00 e. The second kappa shape index (κ2) is 52.5. The first kappa shape index (κ1) is 72.1. The van der Waals surface area contributed by atoms with E-state index in [-0.39, 0.29) is 90.4 Å². The van der Waals surface area contributed by atoms with Crippen LogP contribution in [0, 0.1) is 0 Å². The Balaban J connectivity index is 0.0000281. The molecule has 2 aromatic carbocycles. The number of rotatable bonds is 58. The minimum absolute atomic E-state index is 0. The summed E-state index contributed by atoms with van der Waals surface area (Å²) in [5.74, 6) is 0.617. The molecule has 0 radical (unpaired) electrons. The normalized spacial score (nSPS) is 11.9. The van der Waals surface area contributed by atoms with Gasteiger partial charge < -0.3 is 86.7 Å². The summed E-state index contributed by atoms with van der Waals surface area (Å²) in [4.78, 5) is 0. The molecule has 434 valence electrons. The molecule has 0 aliphatic rings. The van der Waals surface area contributed by atoms with Gasteiger partial charge in [0.25, 0.3) is 20.2 Å². The summed E-state index contributed by atoms with van der Waals surface area (Å²) >= 11 is 0. The zero-order valence-electron chi connectivity index (χ0n) is 45.0. The van der Waals surface area contributed by atoms with E-state index in [1.807, 2.05) is 36.4 Å². The summed E-state index contributed by atoms with van der Waals surface area (Å²) in [6.45, 7) is 13.8. The Hall–Kier alpha value is -0.884. The van der Waals surface area contributed by atoms with Crippen LogP contribution >= 0.6 is 0 Å². The summed E-state index contributed by atoms with van der Waals surface area (Å²) in [6, 6.07) is 11.9. The minimum Gasteiger partial charge on any atom is -1.00 e. The molecule has 0 saturated carbocycles. The van der Waals surface area contributed by atoms with Crippen molar-refractivity contribution in [2.45, 2.75) is 12.8 Å². The predicted octanol–water partition coefficient (Wildman–Crippen LogP) is -0.465. The molecular formula is C48H85KO24S2. The maximum absolute atomic E-state index is 10.6. The summed E-state index contributed by atoms with van der Waals surface area (Å²) in [5.41, 5.74) is 0. The van der Waals surface area contributed by atoms with Gasteiger partial charge in [-0.1, -0.05) is 24.3 Å². The number of benzene rings is 2. The van der Waals surface area contributed by atoms with E-state index in [2.05, 4.69) is 0 Å². The van der Waals surface area contributed by atoms with Gasteiger partial charge in [0.15, 0.2) is 11.5 Å². The minimum atomic E-state index is -3.94. The molecule has 0 bridgehead atoms. The van der Waals surface area contributed by atoms with Crippen molar-refractivity contribution >= 4 is 31.0 Å². The van der Waals surface area contributed by atoms with Gasteiger partial charge in [-0.15, -0.1) is 0 Å². The van der Waals surface area contributed by atoms with Crippen LogP contribution in [0.15, 0.2) is 36.4 Å². The van der Waals surface area contributed by atoms with Crippen LogP contribution < -0.4 is 60.9 Å². The van der Waals surface area contributed by atoms with Gasteiger partial charge in [-0.25, -0.2) is 0 Å². The van der Waals surface area contributed by atoms with Gasteiger partial charge in [0.2, 0.25) is 0 Å². The molecule has 75 heavy (non-hydrogen) atoms. The van der Waals surface area contributed by atoms with Crippen molar-refractivity contribution in [2.24, 2.45) is 0 Å². The zero-order valence-corrected chi connectivity index (χ0v) is 48.8. The van der Waals surface area contributed by atoms with Crippen LogP contribution in [0.2, 0.25) is 0 Å². The van der Waals surface area contributed by atoms with Gasteiger partial charge in [0.1, 0.15) is 13.2 Å². The number of hydrogen-bond donors (Lipinski definition) is 2. The summed E-state index contributed by atoms with van der Waals surface area (Å²) in [6.07, 6.45) is 0.469. The fraction of sp³-hybridized carbons (Fsp3) is 0.792. The van der Waals surface area contributed by atoms with E-state index in [1.54, 1.807) is 0 Å². The van der Waals surface area contributed by atoms with Gasteiger partial charge in [-0.3, -0.25) is 9.11 Å². The van der Waals surface area contributed by atoms with Crippen LogP contribution in [0.4, 0.5) is 0 Å². The topological polar surface area (TPSA) is 275 Å². The molecular weight excluding hydrogens is 1060 g/mol. The average molecular weight is 1150 g/mol. The van der Waals surface area contributed by atoms with Crippen LogP contribution in [-0.2, 0) is 96.0 Å². The molecule has 2 rings (SSSR count). The fourth-order valence-electron chi connectivity index (χ4n) is 5.81. The summed E-state index contributed by atoms with van der Waals surface area (Å²) in [5, 5.41) is 2.07. The quantitative estimate of drug-likeness (QED) is 0.0482. The molecule has 0 aromatic heterocycles. The molecule has 0 amide bonds. The van der Waals surface area contributed by atoms with E-state index in [1.165, 1.54) is 0 Å².